The SMILES string of the molecule is COc1ccccc1NC(=O)C(=O)NCC[C@H](CCO)c1ccccc1. The first-order chi connectivity index (χ1) is 12.7. The molecule has 0 radical (unpaired) electrons. The molecule has 0 heterocycles. The van der Waals surface area contributed by atoms with Crippen molar-refractivity contribution in [1.29, 1.82) is 0 Å². The van der Waals surface area contributed by atoms with E-state index in [2.05, 4.69) is 10.6 Å². The summed E-state index contributed by atoms with van der Waals surface area (Å²) >= 11 is 0. The largest absolute Gasteiger partial charge is 0.495 e. The summed E-state index contributed by atoms with van der Waals surface area (Å²) in [5, 5.41) is 14.4. The van der Waals surface area contributed by atoms with E-state index in [0.717, 1.165) is 5.56 Å². The number of anilines is 1. The number of hydrogen-bond donors (Lipinski definition) is 3. The second kappa shape index (κ2) is 10.2. The Labute approximate surface area is 153 Å². The van der Waals surface area contributed by atoms with Gasteiger partial charge < -0.3 is 20.5 Å². The molecule has 2 aromatic carbocycles. The first-order valence-corrected chi connectivity index (χ1v) is 8.53. The van der Waals surface area contributed by atoms with E-state index in [1.807, 2.05) is 30.3 Å². The lowest BCUT2D eigenvalue weighted by atomic mass is 9.93. The summed E-state index contributed by atoms with van der Waals surface area (Å²) in [6.45, 7) is 0.416. The smallest absolute Gasteiger partial charge is 0.313 e. The minimum atomic E-state index is -0.743. The van der Waals surface area contributed by atoms with Gasteiger partial charge in [-0.3, -0.25) is 9.59 Å². The molecule has 0 saturated heterocycles. The molecule has 2 rings (SSSR count). The van der Waals surface area contributed by atoms with Gasteiger partial charge in [0.1, 0.15) is 5.75 Å². The van der Waals surface area contributed by atoms with Gasteiger partial charge in [0.25, 0.3) is 0 Å². The van der Waals surface area contributed by atoms with Crippen molar-refractivity contribution in [2.24, 2.45) is 0 Å². The summed E-state index contributed by atoms with van der Waals surface area (Å²) in [5.74, 6) is -0.834. The molecule has 0 spiro atoms. The Hall–Kier alpha value is -2.86. The van der Waals surface area contributed by atoms with E-state index >= 15 is 0 Å². The molecule has 138 valence electrons. The first-order valence-electron chi connectivity index (χ1n) is 8.53. The number of methoxy groups -OCH3 is 1. The van der Waals surface area contributed by atoms with Crippen LogP contribution in [0.3, 0.4) is 0 Å². The predicted molar refractivity (Wildman–Crippen MR) is 100 cm³/mol. The van der Waals surface area contributed by atoms with Crippen molar-refractivity contribution in [1.82, 2.24) is 5.32 Å². The van der Waals surface area contributed by atoms with Crippen LogP contribution < -0.4 is 15.4 Å². The quantitative estimate of drug-likeness (QED) is 0.634. The van der Waals surface area contributed by atoms with Crippen molar-refractivity contribution in [2.45, 2.75) is 18.8 Å². The van der Waals surface area contributed by atoms with Gasteiger partial charge in [0, 0.05) is 13.2 Å². The number of para-hydroxylation sites is 2. The highest BCUT2D eigenvalue weighted by molar-refractivity contribution is 6.39. The molecule has 0 aliphatic rings. The summed E-state index contributed by atoms with van der Waals surface area (Å²) in [6.07, 6.45) is 1.24. The van der Waals surface area contributed by atoms with Gasteiger partial charge in [-0.2, -0.15) is 0 Å². The third-order valence-electron chi connectivity index (χ3n) is 4.09. The molecule has 0 saturated carbocycles. The second-order valence-corrected chi connectivity index (χ2v) is 5.82. The van der Waals surface area contributed by atoms with Gasteiger partial charge in [-0.05, 0) is 36.5 Å². The van der Waals surface area contributed by atoms with Crippen LogP contribution in [0.15, 0.2) is 54.6 Å². The first kappa shape index (κ1) is 19.5. The van der Waals surface area contributed by atoms with Gasteiger partial charge in [0.15, 0.2) is 0 Å². The Morgan fingerprint density at radius 1 is 1.00 bits per heavy atom. The number of aliphatic hydroxyl groups is 1. The molecule has 0 unspecified atom stereocenters. The molecule has 1 atom stereocenters. The highest BCUT2D eigenvalue weighted by Gasteiger charge is 2.16. The third kappa shape index (κ3) is 5.60. The maximum Gasteiger partial charge on any atom is 0.313 e. The molecular formula is C20H24N2O4. The molecule has 0 aliphatic carbocycles. The number of carbonyl (C=O) groups is 2. The lowest BCUT2D eigenvalue weighted by Crippen LogP contribution is -2.36. The molecule has 0 bridgehead atoms. The van der Waals surface area contributed by atoms with Crippen molar-refractivity contribution in [3.8, 4) is 5.75 Å². The van der Waals surface area contributed by atoms with E-state index in [9.17, 15) is 14.7 Å². The van der Waals surface area contributed by atoms with Crippen molar-refractivity contribution in [2.75, 3.05) is 25.6 Å². The van der Waals surface area contributed by atoms with E-state index in [0.29, 0.717) is 30.8 Å². The summed E-state index contributed by atoms with van der Waals surface area (Å²) in [4.78, 5) is 24.0. The zero-order chi connectivity index (χ0) is 18.8. The van der Waals surface area contributed by atoms with E-state index in [1.165, 1.54) is 7.11 Å². The van der Waals surface area contributed by atoms with Crippen LogP contribution in [0.4, 0.5) is 5.69 Å². The number of nitrogens with one attached hydrogen (secondary N) is 2. The maximum atomic E-state index is 12.0. The van der Waals surface area contributed by atoms with Crippen molar-refractivity contribution in [3.63, 3.8) is 0 Å². The zero-order valence-corrected chi connectivity index (χ0v) is 14.8. The number of aliphatic hydroxyl groups excluding tert-OH is 1. The summed E-state index contributed by atoms with van der Waals surface area (Å²) in [7, 11) is 1.50. The van der Waals surface area contributed by atoms with Crippen molar-refractivity contribution < 1.29 is 19.4 Å². The molecular weight excluding hydrogens is 332 g/mol. The number of amides is 2. The Morgan fingerprint density at radius 3 is 2.38 bits per heavy atom. The van der Waals surface area contributed by atoms with E-state index < -0.39 is 11.8 Å². The maximum absolute atomic E-state index is 12.0. The Bertz CT molecular complexity index is 719. The van der Waals surface area contributed by atoms with Gasteiger partial charge in [0.05, 0.1) is 12.8 Å². The Kier molecular flexibility index (Phi) is 7.64. The molecule has 6 nitrogen and oxygen atoms in total. The average molecular weight is 356 g/mol. The minimum absolute atomic E-state index is 0.0712. The third-order valence-corrected chi connectivity index (χ3v) is 4.09. The second-order valence-electron chi connectivity index (χ2n) is 5.82. The molecule has 0 aromatic heterocycles. The fourth-order valence-corrected chi connectivity index (χ4v) is 2.73. The molecule has 0 fully saturated rings. The number of benzene rings is 2. The molecule has 3 N–H and O–H groups in total. The van der Waals surface area contributed by atoms with Crippen LogP contribution in [-0.2, 0) is 9.59 Å². The van der Waals surface area contributed by atoms with Crippen LogP contribution in [0, 0.1) is 0 Å². The molecule has 2 aromatic rings. The molecule has 6 heteroatoms. The van der Waals surface area contributed by atoms with E-state index in [-0.39, 0.29) is 12.5 Å². The number of hydrogen-bond acceptors (Lipinski definition) is 4. The van der Waals surface area contributed by atoms with Crippen LogP contribution >= 0.6 is 0 Å². The monoisotopic (exact) mass is 356 g/mol. The van der Waals surface area contributed by atoms with Gasteiger partial charge in [0.2, 0.25) is 0 Å². The lowest BCUT2D eigenvalue weighted by molar-refractivity contribution is -0.136. The van der Waals surface area contributed by atoms with Crippen LogP contribution in [0.25, 0.3) is 0 Å². The molecule has 26 heavy (non-hydrogen) atoms. The zero-order valence-electron chi connectivity index (χ0n) is 14.8. The summed E-state index contributed by atoms with van der Waals surface area (Å²) < 4.78 is 5.14. The van der Waals surface area contributed by atoms with Crippen LogP contribution in [-0.4, -0.2) is 37.2 Å². The average Bonchev–Trinajstić information content (AvgIpc) is 2.68. The molecule has 2 amide bonds. The molecule has 0 aliphatic heterocycles. The standard InChI is InChI=1S/C20H24N2O4/c1-26-18-10-6-5-9-17(18)22-20(25)19(24)21-13-11-16(12-14-23)15-7-3-2-4-8-15/h2-10,16,23H,11-14H2,1H3,(H,21,24)(H,22,25)/t16-/m1/s1. The number of ether oxygens (including phenoxy) is 1. The highest BCUT2D eigenvalue weighted by atomic mass is 16.5. The van der Waals surface area contributed by atoms with Crippen molar-refractivity contribution in [3.05, 3.63) is 60.2 Å². The fraction of sp³-hybridized carbons (Fsp3) is 0.300. The van der Waals surface area contributed by atoms with Crippen molar-refractivity contribution >= 4 is 17.5 Å². The van der Waals surface area contributed by atoms with Crippen LogP contribution in [0.1, 0.15) is 24.3 Å². The Morgan fingerprint density at radius 2 is 1.69 bits per heavy atom. The minimum Gasteiger partial charge on any atom is -0.495 e. The predicted octanol–water partition coefficient (Wildman–Crippen LogP) is 2.31. The van der Waals surface area contributed by atoms with Crippen LogP contribution in [0.5, 0.6) is 5.75 Å². The fourth-order valence-electron chi connectivity index (χ4n) is 2.73. The van der Waals surface area contributed by atoms with Gasteiger partial charge in [-0.15, -0.1) is 0 Å². The highest BCUT2D eigenvalue weighted by Crippen LogP contribution is 2.23. The van der Waals surface area contributed by atoms with Gasteiger partial charge >= 0.3 is 11.8 Å². The van der Waals surface area contributed by atoms with E-state index in [1.54, 1.807) is 24.3 Å². The topological polar surface area (TPSA) is 87.7 Å². The normalized spacial score (nSPS) is 11.5. The lowest BCUT2D eigenvalue weighted by Gasteiger charge is -2.16. The van der Waals surface area contributed by atoms with Gasteiger partial charge in [-0.25, -0.2) is 0 Å². The van der Waals surface area contributed by atoms with Gasteiger partial charge in [-0.1, -0.05) is 42.5 Å². The van der Waals surface area contributed by atoms with Crippen LogP contribution in [0.2, 0.25) is 0 Å². The Balaban J connectivity index is 1.86. The summed E-state index contributed by atoms with van der Waals surface area (Å²) in [6, 6.07) is 16.7. The number of rotatable bonds is 8. The number of carbonyl (C=O) groups excluding carboxylic acids is 2. The van der Waals surface area contributed by atoms with E-state index in [4.69, 9.17) is 4.74 Å². The summed E-state index contributed by atoms with van der Waals surface area (Å²) in [5.41, 5.74) is 1.55.